The van der Waals surface area contributed by atoms with Crippen LogP contribution >= 0.6 is 0 Å². The summed E-state index contributed by atoms with van der Waals surface area (Å²) in [4.78, 5) is 0. The summed E-state index contributed by atoms with van der Waals surface area (Å²) in [5, 5.41) is 9.52. The first kappa shape index (κ1) is 13.6. The predicted octanol–water partition coefficient (Wildman–Crippen LogP) is 3.67. The first-order valence-electron chi connectivity index (χ1n) is 6.62. The van der Waals surface area contributed by atoms with Crippen molar-refractivity contribution in [2.45, 2.75) is 26.4 Å². The Balaban J connectivity index is 1.93. The molecule has 0 radical (unpaired) electrons. The zero-order chi connectivity index (χ0) is 13.7. The van der Waals surface area contributed by atoms with Crippen LogP contribution in [-0.2, 0) is 6.42 Å². The third-order valence-corrected chi connectivity index (χ3v) is 3.17. The number of hydrogen-bond acceptors (Lipinski definition) is 2. The van der Waals surface area contributed by atoms with Gasteiger partial charge in [0.1, 0.15) is 5.75 Å². The molecule has 0 bridgehead atoms. The lowest BCUT2D eigenvalue weighted by Gasteiger charge is -2.12. The summed E-state index contributed by atoms with van der Waals surface area (Å²) in [6.07, 6.45) is 0.468. The largest absolute Gasteiger partial charge is 0.493 e. The molecule has 2 aromatic carbocycles. The number of rotatable bonds is 5. The first-order valence-corrected chi connectivity index (χ1v) is 6.62. The van der Waals surface area contributed by atoms with Gasteiger partial charge in [0.25, 0.3) is 0 Å². The highest BCUT2D eigenvalue weighted by Gasteiger charge is 2.05. The van der Waals surface area contributed by atoms with Gasteiger partial charge in [0.15, 0.2) is 0 Å². The number of aliphatic hydroxyl groups is 1. The highest BCUT2D eigenvalue weighted by atomic mass is 16.5. The molecule has 0 amide bonds. The van der Waals surface area contributed by atoms with Crippen molar-refractivity contribution in [1.29, 1.82) is 0 Å². The Morgan fingerprint density at radius 1 is 1.11 bits per heavy atom. The molecule has 0 fully saturated rings. The maximum absolute atomic E-state index is 9.52. The molecule has 0 aliphatic carbocycles. The minimum absolute atomic E-state index is 0.433. The maximum Gasteiger partial charge on any atom is 0.122 e. The Kier molecular flexibility index (Phi) is 4.58. The monoisotopic (exact) mass is 256 g/mol. The topological polar surface area (TPSA) is 29.5 Å². The van der Waals surface area contributed by atoms with Crippen LogP contribution < -0.4 is 4.74 Å². The van der Waals surface area contributed by atoms with Gasteiger partial charge < -0.3 is 9.84 Å². The fourth-order valence-corrected chi connectivity index (χ4v) is 2.02. The lowest BCUT2D eigenvalue weighted by atomic mass is 10.1. The van der Waals surface area contributed by atoms with Crippen molar-refractivity contribution in [2.75, 3.05) is 6.61 Å². The van der Waals surface area contributed by atoms with E-state index in [2.05, 4.69) is 12.1 Å². The van der Waals surface area contributed by atoms with Gasteiger partial charge in [-0.1, -0.05) is 36.4 Å². The van der Waals surface area contributed by atoms with Crippen molar-refractivity contribution in [1.82, 2.24) is 0 Å². The minimum Gasteiger partial charge on any atom is -0.493 e. The molecule has 0 aliphatic rings. The van der Waals surface area contributed by atoms with Crippen molar-refractivity contribution in [2.24, 2.45) is 0 Å². The van der Waals surface area contributed by atoms with Gasteiger partial charge in [0.2, 0.25) is 0 Å². The normalized spacial score (nSPS) is 12.2. The van der Waals surface area contributed by atoms with Crippen molar-refractivity contribution in [3.05, 3.63) is 65.2 Å². The van der Waals surface area contributed by atoms with E-state index in [9.17, 15) is 5.11 Å². The van der Waals surface area contributed by atoms with Crippen molar-refractivity contribution < 1.29 is 9.84 Å². The van der Waals surface area contributed by atoms with Crippen LogP contribution in [0.4, 0.5) is 0 Å². The van der Waals surface area contributed by atoms with Gasteiger partial charge in [-0.2, -0.15) is 0 Å². The van der Waals surface area contributed by atoms with Crippen LogP contribution in [-0.4, -0.2) is 11.7 Å². The molecule has 0 saturated carbocycles. The summed E-state index contributed by atoms with van der Waals surface area (Å²) in [6.45, 7) is 4.44. The Bertz CT molecular complexity index is 518. The molecule has 0 spiro atoms. The molecule has 19 heavy (non-hydrogen) atoms. The molecular weight excluding hydrogens is 236 g/mol. The van der Waals surface area contributed by atoms with Gasteiger partial charge >= 0.3 is 0 Å². The standard InChI is InChI=1S/C17H20O2/c1-13-12-16(14(2)18)8-9-17(13)19-11-10-15-6-4-3-5-7-15/h3-9,12,14,18H,10-11H2,1-2H3/t14-/m0/s1. The Morgan fingerprint density at radius 2 is 1.84 bits per heavy atom. The van der Waals surface area contributed by atoms with E-state index in [4.69, 9.17) is 4.74 Å². The van der Waals surface area contributed by atoms with E-state index in [0.29, 0.717) is 6.61 Å². The van der Waals surface area contributed by atoms with Crippen LogP contribution in [0.25, 0.3) is 0 Å². The molecule has 100 valence electrons. The predicted molar refractivity (Wildman–Crippen MR) is 77.5 cm³/mol. The molecule has 2 heteroatoms. The van der Waals surface area contributed by atoms with E-state index in [1.165, 1.54) is 5.56 Å². The highest BCUT2D eigenvalue weighted by Crippen LogP contribution is 2.22. The second-order valence-corrected chi connectivity index (χ2v) is 4.78. The van der Waals surface area contributed by atoms with Crippen molar-refractivity contribution in [3.8, 4) is 5.75 Å². The number of aliphatic hydroxyl groups excluding tert-OH is 1. The van der Waals surface area contributed by atoms with Crippen molar-refractivity contribution in [3.63, 3.8) is 0 Å². The SMILES string of the molecule is Cc1cc([C@H](C)O)ccc1OCCc1ccccc1. The zero-order valence-electron chi connectivity index (χ0n) is 11.5. The fourth-order valence-electron chi connectivity index (χ4n) is 2.02. The van der Waals surface area contributed by atoms with Gasteiger partial charge in [0.05, 0.1) is 12.7 Å². The Morgan fingerprint density at radius 3 is 2.47 bits per heavy atom. The number of hydrogen-bond donors (Lipinski definition) is 1. The average molecular weight is 256 g/mol. The molecule has 0 unspecified atom stereocenters. The van der Waals surface area contributed by atoms with E-state index in [-0.39, 0.29) is 0 Å². The second kappa shape index (κ2) is 6.39. The van der Waals surface area contributed by atoms with Gasteiger partial charge in [-0.15, -0.1) is 0 Å². The first-order chi connectivity index (χ1) is 9.16. The molecule has 0 saturated heterocycles. The quantitative estimate of drug-likeness (QED) is 0.884. The third-order valence-electron chi connectivity index (χ3n) is 3.17. The summed E-state index contributed by atoms with van der Waals surface area (Å²) in [6, 6.07) is 16.1. The molecule has 2 aromatic rings. The third kappa shape index (κ3) is 3.83. The number of aryl methyl sites for hydroxylation is 1. The number of ether oxygens (including phenoxy) is 1. The molecule has 0 aromatic heterocycles. The van der Waals surface area contributed by atoms with Crippen LogP contribution in [0.2, 0.25) is 0 Å². The van der Waals surface area contributed by atoms with E-state index in [1.54, 1.807) is 6.92 Å². The van der Waals surface area contributed by atoms with E-state index in [1.807, 2.05) is 43.3 Å². The van der Waals surface area contributed by atoms with Crippen LogP contribution in [0, 0.1) is 6.92 Å². The van der Waals surface area contributed by atoms with Gasteiger partial charge in [-0.25, -0.2) is 0 Å². The molecule has 2 nitrogen and oxygen atoms in total. The Hall–Kier alpha value is -1.80. The zero-order valence-corrected chi connectivity index (χ0v) is 11.5. The van der Waals surface area contributed by atoms with Crippen molar-refractivity contribution >= 4 is 0 Å². The second-order valence-electron chi connectivity index (χ2n) is 4.78. The lowest BCUT2D eigenvalue weighted by Crippen LogP contribution is -2.03. The Labute approximate surface area is 114 Å². The van der Waals surface area contributed by atoms with Gasteiger partial charge in [-0.05, 0) is 42.7 Å². The van der Waals surface area contributed by atoms with Crippen LogP contribution in [0.1, 0.15) is 29.7 Å². The van der Waals surface area contributed by atoms with E-state index in [0.717, 1.165) is 23.3 Å². The summed E-state index contributed by atoms with van der Waals surface area (Å²) in [5.41, 5.74) is 3.26. The smallest absolute Gasteiger partial charge is 0.122 e. The highest BCUT2D eigenvalue weighted by molar-refractivity contribution is 5.37. The van der Waals surface area contributed by atoms with Crippen LogP contribution in [0.15, 0.2) is 48.5 Å². The fraction of sp³-hybridized carbons (Fsp3) is 0.294. The molecule has 0 aliphatic heterocycles. The summed E-state index contributed by atoms with van der Waals surface area (Å²) in [7, 11) is 0. The van der Waals surface area contributed by atoms with Gasteiger partial charge in [0, 0.05) is 6.42 Å². The molecule has 1 atom stereocenters. The summed E-state index contributed by atoms with van der Waals surface area (Å²) >= 11 is 0. The van der Waals surface area contributed by atoms with E-state index >= 15 is 0 Å². The van der Waals surface area contributed by atoms with Gasteiger partial charge in [-0.3, -0.25) is 0 Å². The minimum atomic E-state index is -0.433. The van der Waals surface area contributed by atoms with E-state index < -0.39 is 6.10 Å². The van der Waals surface area contributed by atoms with Crippen LogP contribution in [0.3, 0.4) is 0 Å². The van der Waals surface area contributed by atoms with Crippen LogP contribution in [0.5, 0.6) is 5.75 Å². The molecular formula is C17H20O2. The molecule has 1 N–H and O–H groups in total. The maximum atomic E-state index is 9.52. The number of benzene rings is 2. The average Bonchev–Trinajstić information content (AvgIpc) is 2.41. The molecule has 0 heterocycles. The summed E-state index contributed by atoms with van der Waals surface area (Å²) in [5.74, 6) is 0.889. The lowest BCUT2D eigenvalue weighted by molar-refractivity contribution is 0.199. The summed E-state index contributed by atoms with van der Waals surface area (Å²) < 4.78 is 5.79. The molecule has 2 rings (SSSR count).